The first-order valence-corrected chi connectivity index (χ1v) is 7.80. The van der Waals surface area contributed by atoms with Crippen LogP contribution in [0.3, 0.4) is 0 Å². The van der Waals surface area contributed by atoms with E-state index in [0.717, 1.165) is 0 Å². The van der Waals surface area contributed by atoms with Gasteiger partial charge in [-0.15, -0.1) is 0 Å². The van der Waals surface area contributed by atoms with Gasteiger partial charge in [0.15, 0.2) is 0 Å². The van der Waals surface area contributed by atoms with E-state index in [1.807, 2.05) is 0 Å². The summed E-state index contributed by atoms with van der Waals surface area (Å²) in [5, 5.41) is 0. The summed E-state index contributed by atoms with van der Waals surface area (Å²) in [6.07, 6.45) is -0.568. The number of hydrogen-bond donors (Lipinski definition) is 0. The summed E-state index contributed by atoms with van der Waals surface area (Å²) < 4.78 is 31.8. The van der Waals surface area contributed by atoms with Crippen LogP contribution >= 0.6 is 26.6 Å². The fourth-order valence-corrected chi connectivity index (χ4v) is 3.54. The fourth-order valence-electron chi connectivity index (χ4n) is 1.17. The van der Waals surface area contributed by atoms with Gasteiger partial charge in [0.1, 0.15) is 12.2 Å². The Balaban J connectivity index is 2.02. The minimum atomic E-state index is -2.89. The second-order valence-electron chi connectivity index (χ2n) is 2.86. The van der Waals surface area contributed by atoms with Crippen LogP contribution in [0.1, 0.15) is 0 Å². The third-order valence-corrected chi connectivity index (χ3v) is 4.37. The molecule has 2 heterocycles. The zero-order chi connectivity index (χ0) is 9.47. The van der Waals surface area contributed by atoms with E-state index in [-0.39, 0.29) is 18.8 Å². The predicted octanol–water partition coefficient (Wildman–Crippen LogP) is 2.11. The van der Waals surface area contributed by atoms with Gasteiger partial charge in [0.25, 0.3) is 7.73 Å². The van der Waals surface area contributed by atoms with Crippen molar-refractivity contribution >= 4 is 26.6 Å². The second kappa shape index (κ2) is 3.74. The molecule has 5 nitrogen and oxygen atoms in total. The van der Waals surface area contributed by atoms with Crippen LogP contribution in [0.15, 0.2) is 0 Å². The van der Waals surface area contributed by atoms with Crippen LogP contribution in [0.25, 0.3) is 0 Å². The molecule has 0 bridgehead atoms. The second-order valence-corrected chi connectivity index (χ2v) is 6.60. The van der Waals surface area contributed by atoms with Crippen molar-refractivity contribution < 1.29 is 22.7 Å². The molecule has 13 heavy (non-hydrogen) atoms. The average Bonchev–Trinajstić information content (AvgIpc) is 2.05. The lowest BCUT2D eigenvalue weighted by Gasteiger charge is -2.37. The number of rotatable bonds is 0. The van der Waals surface area contributed by atoms with Crippen molar-refractivity contribution in [3.63, 3.8) is 0 Å². The lowest BCUT2D eigenvalue weighted by Crippen LogP contribution is -2.42. The molecule has 2 aliphatic heterocycles. The smallest absolute Gasteiger partial charge is 0.319 e. The highest BCUT2D eigenvalue weighted by Crippen LogP contribution is 2.55. The molecule has 0 radical (unpaired) electrons. The molecule has 0 amide bonds. The Kier molecular flexibility index (Phi) is 2.97. The highest BCUT2D eigenvalue weighted by Gasteiger charge is 2.41. The summed E-state index contributed by atoms with van der Waals surface area (Å²) in [6, 6.07) is 0. The van der Waals surface area contributed by atoms with Crippen molar-refractivity contribution in [2.24, 2.45) is 0 Å². The standard InChI is InChI=1S/C5H9ClO5P2/c1-13(7)9-3-4-5(11-13)2-8-12(6)10-4/h4-5H,2-3H2,1H3. The van der Waals surface area contributed by atoms with Crippen LogP contribution in [0.2, 0.25) is 0 Å². The minimum Gasteiger partial charge on any atom is -0.319 e. The van der Waals surface area contributed by atoms with E-state index in [4.69, 9.17) is 29.3 Å². The minimum absolute atomic E-state index is 0.251. The van der Waals surface area contributed by atoms with Crippen LogP contribution in [0, 0.1) is 0 Å². The number of fused-ring (bicyclic) bond motifs is 1. The fraction of sp³-hybridized carbons (Fsp3) is 1.00. The maximum atomic E-state index is 11.4. The summed E-state index contributed by atoms with van der Waals surface area (Å²) in [5.41, 5.74) is 0. The maximum Gasteiger partial charge on any atom is 0.328 e. The van der Waals surface area contributed by atoms with Crippen LogP contribution in [-0.4, -0.2) is 32.1 Å². The highest BCUT2D eigenvalue weighted by atomic mass is 35.7. The molecule has 0 aromatic heterocycles. The van der Waals surface area contributed by atoms with E-state index in [0.29, 0.717) is 6.61 Å². The van der Waals surface area contributed by atoms with E-state index in [1.165, 1.54) is 6.66 Å². The lowest BCUT2D eigenvalue weighted by molar-refractivity contribution is -0.0632. The molecule has 4 unspecified atom stereocenters. The van der Waals surface area contributed by atoms with E-state index < -0.39 is 15.3 Å². The lowest BCUT2D eigenvalue weighted by atomic mass is 10.2. The molecule has 0 aliphatic carbocycles. The zero-order valence-corrected chi connectivity index (χ0v) is 9.43. The van der Waals surface area contributed by atoms with E-state index in [9.17, 15) is 4.57 Å². The van der Waals surface area contributed by atoms with Gasteiger partial charge in [-0.25, -0.2) is 0 Å². The molecular formula is C5H9ClO5P2. The van der Waals surface area contributed by atoms with Gasteiger partial charge in [-0.3, -0.25) is 4.57 Å². The van der Waals surface area contributed by atoms with Crippen molar-refractivity contribution in [2.45, 2.75) is 12.2 Å². The van der Waals surface area contributed by atoms with E-state index in [2.05, 4.69) is 0 Å². The third kappa shape index (κ3) is 2.42. The predicted molar refractivity (Wildman–Crippen MR) is 48.0 cm³/mol. The maximum absolute atomic E-state index is 11.4. The van der Waals surface area contributed by atoms with Crippen LogP contribution in [0.5, 0.6) is 0 Å². The van der Waals surface area contributed by atoms with Gasteiger partial charge in [0.2, 0.25) is 0 Å². The molecule has 76 valence electrons. The first-order valence-electron chi connectivity index (χ1n) is 3.73. The van der Waals surface area contributed by atoms with Crippen molar-refractivity contribution in [1.82, 2.24) is 0 Å². The van der Waals surface area contributed by atoms with Gasteiger partial charge in [-0.05, 0) is 11.2 Å². The van der Waals surface area contributed by atoms with Gasteiger partial charge in [-0.1, -0.05) is 0 Å². The number of halogens is 1. The Morgan fingerprint density at radius 2 is 2.23 bits per heavy atom. The van der Waals surface area contributed by atoms with Gasteiger partial charge in [-0.2, -0.15) is 0 Å². The molecule has 0 saturated carbocycles. The van der Waals surface area contributed by atoms with Gasteiger partial charge in [0, 0.05) is 6.66 Å². The normalized spacial score (nSPS) is 51.4. The van der Waals surface area contributed by atoms with Crippen LogP contribution in [-0.2, 0) is 22.7 Å². The van der Waals surface area contributed by atoms with E-state index >= 15 is 0 Å². The molecule has 0 N–H and O–H groups in total. The first kappa shape index (κ1) is 10.3. The average molecular weight is 247 g/mol. The molecule has 2 saturated heterocycles. The Morgan fingerprint density at radius 3 is 3.00 bits per heavy atom. The third-order valence-electron chi connectivity index (χ3n) is 1.77. The summed E-state index contributed by atoms with van der Waals surface area (Å²) in [4.78, 5) is 0. The molecule has 0 aromatic carbocycles. The Hall–Kier alpha value is 0.790. The summed E-state index contributed by atoms with van der Waals surface area (Å²) in [7, 11) is -4.24. The molecule has 2 rings (SSSR count). The van der Waals surface area contributed by atoms with Crippen molar-refractivity contribution in [1.29, 1.82) is 0 Å². The first-order chi connectivity index (χ1) is 6.07. The topological polar surface area (TPSA) is 54.0 Å². The van der Waals surface area contributed by atoms with Crippen molar-refractivity contribution in [2.75, 3.05) is 19.9 Å². The molecule has 0 spiro atoms. The Morgan fingerprint density at radius 1 is 1.46 bits per heavy atom. The Bertz CT molecular complexity index is 249. The van der Waals surface area contributed by atoms with Gasteiger partial charge < -0.3 is 18.1 Å². The summed E-state index contributed by atoms with van der Waals surface area (Å²) in [5.74, 6) is 0. The largest absolute Gasteiger partial charge is 0.328 e. The quantitative estimate of drug-likeness (QED) is 0.613. The van der Waals surface area contributed by atoms with Crippen molar-refractivity contribution in [3.05, 3.63) is 0 Å². The highest BCUT2D eigenvalue weighted by molar-refractivity contribution is 7.76. The summed E-state index contributed by atoms with van der Waals surface area (Å²) >= 11 is 5.65. The molecule has 2 fully saturated rings. The van der Waals surface area contributed by atoms with Crippen LogP contribution in [0.4, 0.5) is 0 Å². The molecular weight excluding hydrogens is 237 g/mol. The summed E-state index contributed by atoms with van der Waals surface area (Å²) in [6.45, 7) is 2.01. The van der Waals surface area contributed by atoms with Gasteiger partial charge >= 0.3 is 7.60 Å². The van der Waals surface area contributed by atoms with Crippen LogP contribution < -0.4 is 0 Å². The Labute approximate surface area is 81.9 Å². The van der Waals surface area contributed by atoms with Gasteiger partial charge in [0.05, 0.1) is 13.2 Å². The molecule has 4 atom stereocenters. The SMILES string of the molecule is CP1(=O)OCC2OP(Cl)OCC2O1. The van der Waals surface area contributed by atoms with Crippen molar-refractivity contribution in [3.8, 4) is 0 Å². The number of hydrogen-bond acceptors (Lipinski definition) is 5. The molecule has 8 heteroatoms. The monoisotopic (exact) mass is 246 g/mol. The van der Waals surface area contributed by atoms with E-state index in [1.54, 1.807) is 0 Å². The molecule has 2 aliphatic rings. The zero-order valence-electron chi connectivity index (χ0n) is 6.88. The molecule has 0 aromatic rings.